The number of carbonyl (C=O) groups is 2. The highest BCUT2D eigenvalue weighted by molar-refractivity contribution is 5.94. The van der Waals surface area contributed by atoms with E-state index >= 15 is 0 Å². The largest absolute Gasteiger partial charge is 0.493 e. The first kappa shape index (κ1) is 17.7. The minimum absolute atomic E-state index is 0.0577. The molecule has 134 valence electrons. The Hall–Kier alpha value is -3.08. The van der Waals surface area contributed by atoms with Crippen molar-refractivity contribution >= 4 is 11.8 Å². The number of hydrogen-bond donors (Lipinski definition) is 2. The molecule has 1 atom stereocenters. The summed E-state index contributed by atoms with van der Waals surface area (Å²) in [5.74, 6) is 0.531. The normalized spacial score (nSPS) is 15.3. The minimum atomic E-state index is -0.222. The molecule has 2 aromatic rings. The van der Waals surface area contributed by atoms with Crippen LogP contribution >= 0.6 is 0 Å². The summed E-state index contributed by atoms with van der Waals surface area (Å²) >= 11 is 0. The van der Waals surface area contributed by atoms with Crippen molar-refractivity contribution in [2.45, 2.75) is 25.9 Å². The molecule has 0 radical (unpaired) electrons. The Bertz CT molecular complexity index is 828. The van der Waals surface area contributed by atoms with Crippen LogP contribution in [0.25, 0.3) is 0 Å². The van der Waals surface area contributed by atoms with E-state index in [1.54, 1.807) is 12.1 Å². The van der Waals surface area contributed by atoms with E-state index in [1.807, 2.05) is 37.3 Å². The molecule has 0 saturated carbocycles. The van der Waals surface area contributed by atoms with E-state index in [-0.39, 0.29) is 17.9 Å². The van der Waals surface area contributed by atoms with Gasteiger partial charge < -0.3 is 15.4 Å². The van der Waals surface area contributed by atoms with Crippen molar-refractivity contribution < 1.29 is 14.3 Å². The zero-order valence-electron chi connectivity index (χ0n) is 14.7. The number of amides is 2. The van der Waals surface area contributed by atoms with Crippen molar-refractivity contribution in [3.05, 3.63) is 77.4 Å². The lowest BCUT2D eigenvalue weighted by molar-refractivity contribution is -0.116. The summed E-state index contributed by atoms with van der Waals surface area (Å²) < 4.78 is 5.75. The highest BCUT2D eigenvalue weighted by Gasteiger charge is 2.24. The minimum Gasteiger partial charge on any atom is -0.493 e. The summed E-state index contributed by atoms with van der Waals surface area (Å²) in [6.45, 7) is 6.41. The van der Waals surface area contributed by atoms with Gasteiger partial charge in [-0.1, -0.05) is 36.9 Å². The van der Waals surface area contributed by atoms with Crippen LogP contribution in [0.15, 0.2) is 55.1 Å². The summed E-state index contributed by atoms with van der Waals surface area (Å²) in [5, 5.41) is 5.80. The molecule has 1 unspecified atom stereocenters. The molecule has 2 N–H and O–H groups in total. The summed E-state index contributed by atoms with van der Waals surface area (Å²) in [6, 6.07) is 13.1. The maximum absolute atomic E-state index is 12.6. The van der Waals surface area contributed by atoms with Gasteiger partial charge in [0.25, 0.3) is 5.91 Å². The van der Waals surface area contributed by atoms with Gasteiger partial charge in [0.2, 0.25) is 5.91 Å². The SMILES string of the molecule is C=CC(=O)NCc1ccc(C(=O)NC2CCOc3c(C)cccc32)cc1. The molecule has 0 spiro atoms. The van der Waals surface area contributed by atoms with E-state index in [1.165, 1.54) is 6.08 Å². The fourth-order valence-electron chi connectivity index (χ4n) is 3.01. The second kappa shape index (κ2) is 7.87. The Morgan fingerprint density at radius 2 is 2.00 bits per heavy atom. The first-order valence-electron chi connectivity index (χ1n) is 8.61. The Morgan fingerprint density at radius 3 is 2.73 bits per heavy atom. The van der Waals surface area contributed by atoms with Crippen LogP contribution in [-0.2, 0) is 11.3 Å². The fraction of sp³-hybridized carbons (Fsp3) is 0.238. The zero-order valence-corrected chi connectivity index (χ0v) is 14.7. The molecular formula is C21H22N2O3. The van der Waals surface area contributed by atoms with Crippen LogP contribution in [0.2, 0.25) is 0 Å². The summed E-state index contributed by atoms with van der Waals surface area (Å²) in [7, 11) is 0. The van der Waals surface area contributed by atoms with Gasteiger partial charge in [-0.25, -0.2) is 0 Å². The third-order valence-electron chi connectivity index (χ3n) is 4.44. The van der Waals surface area contributed by atoms with Crippen molar-refractivity contribution in [3.8, 4) is 5.75 Å². The van der Waals surface area contributed by atoms with Crippen molar-refractivity contribution in [1.82, 2.24) is 10.6 Å². The van der Waals surface area contributed by atoms with E-state index in [0.717, 1.165) is 28.9 Å². The molecule has 3 rings (SSSR count). The molecule has 5 heteroatoms. The van der Waals surface area contributed by atoms with Gasteiger partial charge in [-0.3, -0.25) is 9.59 Å². The van der Waals surface area contributed by atoms with Gasteiger partial charge in [0.05, 0.1) is 12.6 Å². The second-order valence-electron chi connectivity index (χ2n) is 6.28. The number of fused-ring (bicyclic) bond motifs is 1. The first-order chi connectivity index (χ1) is 12.6. The van der Waals surface area contributed by atoms with E-state index < -0.39 is 0 Å². The Kier molecular flexibility index (Phi) is 5.37. The molecular weight excluding hydrogens is 328 g/mol. The maximum Gasteiger partial charge on any atom is 0.251 e. The van der Waals surface area contributed by atoms with Crippen LogP contribution in [-0.4, -0.2) is 18.4 Å². The van der Waals surface area contributed by atoms with E-state index in [9.17, 15) is 9.59 Å². The van der Waals surface area contributed by atoms with Gasteiger partial charge >= 0.3 is 0 Å². The number of ether oxygens (including phenoxy) is 1. The van der Waals surface area contributed by atoms with Gasteiger partial charge in [-0.2, -0.15) is 0 Å². The van der Waals surface area contributed by atoms with Crippen LogP contribution in [0.4, 0.5) is 0 Å². The van der Waals surface area contributed by atoms with E-state index in [0.29, 0.717) is 18.7 Å². The number of para-hydroxylation sites is 1. The Morgan fingerprint density at radius 1 is 1.23 bits per heavy atom. The second-order valence-corrected chi connectivity index (χ2v) is 6.28. The molecule has 0 fully saturated rings. The molecule has 2 aromatic carbocycles. The van der Waals surface area contributed by atoms with Gasteiger partial charge in [0.1, 0.15) is 5.75 Å². The third kappa shape index (κ3) is 3.94. The highest BCUT2D eigenvalue weighted by atomic mass is 16.5. The van der Waals surface area contributed by atoms with Crippen molar-refractivity contribution in [3.63, 3.8) is 0 Å². The predicted octanol–water partition coefficient (Wildman–Crippen LogP) is 3.05. The van der Waals surface area contributed by atoms with Crippen LogP contribution in [0.5, 0.6) is 5.75 Å². The molecule has 5 nitrogen and oxygen atoms in total. The number of aryl methyl sites for hydroxylation is 1. The monoisotopic (exact) mass is 350 g/mol. The van der Waals surface area contributed by atoms with Gasteiger partial charge in [-0.05, 0) is 36.3 Å². The summed E-state index contributed by atoms with van der Waals surface area (Å²) in [6.07, 6.45) is 1.98. The van der Waals surface area contributed by atoms with Crippen LogP contribution in [0, 0.1) is 6.92 Å². The molecule has 1 aliphatic heterocycles. The van der Waals surface area contributed by atoms with Crippen LogP contribution in [0.1, 0.15) is 39.5 Å². The lowest BCUT2D eigenvalue weighted by Crippen LogP contribution is -2.32. The summed E-state index contributed by atoms with van der Waals surface area (Å²) in [5.41, 5.74) is 3.61. The standard InChI is InChI=1S/C21H22N2O3/c1-3-19(24)22-13-15-7-9-16(10-8-15)21(25)23-18-11-12-26-20-14(2)5-4-6-17(18)20/h3-10,18H,1,11-13H2,2H3,(H,22,24)(H,23,25). The van der Waals surface area contributed by atoms with Crippen LogP contribution in [0.3, 0.4) is 0 Å². The highest BCUT2D eigenvalue weighted by Crippen LogP contribution is 2.34. The Balaban J connectivity index is 1.67. The lowest BCUT2D eigenvalue weighted by atomic mass is 9.97. The molecule has 2 amide bonds. The van der Waals surface area contributed by atoms with E-state index in [4.69, 9.17) is 4.74 Å². The first-order valence-corrected chi connectivity index (χ1v) is 8.61. The Labute approximate surface area is 153 Å². The number of rotatable bonds is 5. The van der Waals surface area contributed by atoms with Crippen LogP contribution < -0.4 is 15.4 Å². The molecule has 0 aliphatic carbocycles. The average Bonchev–Trinajstić information content (AvgIpc) is 2.67. The topological polar surface area (TPSA) is 67.4 Å². The third-order valence-corrected chi connectivity index (χ3v) is 4.44. The van der Waals surface area contributed by atoms with Gasteiger partial charge in [0, 0.05) is 24.1 Å². The van der Waals surface area contributed by atoms with Crippen molar-refractivity contribution in [2.75, 3.05) is 6.61 Å². The molecule has 1 aliphatic rings. The zero-order chi connectivity index (χ0) is 18.5. The average molecular weight is 350 g/mol. The molecule has 0 aromatic heterocycles. The molecule has 0 bridgehead atoms. The maximum atomic E-state index is 12.6. The fourth-order valence-corrected chi connectivity index (χ4v) is 3.01. The number of hydrogen-bond acceptors (Lipinski definition) is 3. The van der Waals surface area contributed by atoms with Gasteiger partial charge in [-0.15, -0.1) is 0 Å². The molecule has 26 heavy (non-hydrogen) atoms. The van der Waals surface area contributed by atoms with Gasteiger partial charge in [0.15, 0.2) is 0 Å². The lowest BCUT2D eigenvalue weighted by Gasteiger charge is -2.27. The predicted molar refractivity (Wildman–Crippen MR) is 100.0 cm³/mol. The number of carbonyl (C=O) groups excluding carboxylic acids is 2. The molecule has 1 heterocycles. The van der Waals surface area contributed by atoms with Crippen molar-refractivity contribution in [2.24, 2.45) is 0 Å². The summed E-state index contributed by atoms with van der Waals surface area (Å²) in [4.78, 5) is 23.8. The molecule has 0 saturated heterocycles. The number of benzene rings is 2. The number of nitrogens with one attached hydrogen (secondary N) is 2. The van der Waals surface area contributed by atoms with E-state index in [2.05, 4.69) is 17.2 Å². The quantitative estimate of drug-likeness (QED) is 0.815. The van der Waals surface area contributed by atoms with Crippen molar-refractivity contribution in [1.29, 1.82) is 0 Å². The smallest absolute Gasteiger partial charge is 0.251 e.